The average Bonchev–Trinajstić information content (AvgIpc) is 2.66. The number of nitrogens with two attached hydrogens (primary N) is 1. The molecule has 5 heteroatoms. The number of hydrogen-bond acceptors (Lipinski definition) is 3. The number of nitrogens with zero attached hydrogens (tertiary/aromatic N) is 3. The maximum atomic E-state index is 5.94. The van der Waals surface area contributed by atoms with Gasteiger partial charge in [0.25, 0.3) is 0 Å². The fourth-order valence-corrected chi connectivity index (χ4v) is 1.42. The fraction of sp³-hybridized carbons (Fsp3) is 0.182. The lowest BCUT2D eigenvalue weighted by molar-refractivity contribution is 0.637. The van der Waals surface area contributed by atoms with Crippen molar-refractivity contribution in [2.24, 2.45) is 5.84 Å². The van der Waals surface area contributed by atoms with E-state index < -0.39 is 0 Å². The molecular formula is C11H15ClN4. The number of para-hydroxylation sites is 1. The van der Waals surface area contributed by atoms with Gasteiger partial charge in [-0.1, -0.05) is 18.2 Å². The fourth-order valence-electron chi connectivity index (χ4n) is 1.42. The van der Waals surface area contributed by atoms with E-state index in [0.717, 1.165) is 11.5 Å². The van der Waals surface area contributed by atoms with E-state index in [0.29, 0.717) is 6.67 Å². The topological polar surface area (TPSA) is 47.1 Å². The first-order chi connectivity index (χ1) is 7.27. The summed E-state index contributed by atoms with van der Waals surface area (Å²) >= 11 is 0. The maximum Gasteiger partial charge on any atom is 0.110 e. The number of benzene rings is 1. The molecule has 0 bridgehead atoms. The Morgan fingerprint density at radius 1 is 1.31 bits per heavy atom. The van der Waals surface area contributed by atoms with Gasteiger partial charge in [0.15, 0.2) is 0 Å². The second kappa shape index (κ2) is 5.53. The Kier molecular flexibility index (Phi) is 4.34. The molecule has 0 aliphatic heterocycles. The van der Waals surface area contributed by atoms with Gasteiger partial charge in [-0.25, -0.2) is 10.8 Å². The van der Waals surface area contributed by atoms with Crippen molar-refractivity contribution in [1.82, 2.24) is 9.55 Å². The molecule has 2 aromatic rings. The number of rotatable bonds is 3. The summed E-state index contributed by atoms with van der Waals surface area (Å²) in [6, 6.07) is 9.87. The second-order valence-corrected chi connectivity index (χ2v) is 3.39. The van der Waals surface area contributed by atoms with E-state index in [9.17, 15) is 0 Å². The van der Waals surface area contributed by atoms with Crippen molar-refractivity contribution >= 4 is 18.1 Å². The zero-order chi connectivity index (χ0) is 10.7. The van der Waals surface area contributed by atoms with Crippen LogP contribution in [0.2, 0.25) is 0 Å². The van der Waals surface area contributed by atoms with Crippen LogP contribution in [-0.2, 0) is 6.67 Å². The lowest BCUT2D eigenvalue weighted by Gasteiger charge is -2.19. The minimum Gasteiger partial charge on any atom is -0.316 e. The van der Waals surface area contributed by atoms with Gasteiger partial charge in [0.05, 0.1) is 5.69 Å². The third-order valence-corrected chi connectivity index (χ3v) is 2.32. The zero-order valence-corrected chi connectivity index (χ0v) is 9.89. The van der Waals surface area contributed by atoms with Crippen LogP contribution in [0.3, 0.4) is 0 Å². The maximum absolute atomic E-state index is 5.94. The lowest BCUT2D eigenvalue weighted by atomic mass is 10.3. The molecule has 0 fully saturated rings. The molecule has 16 heavy (non-hydrogen) atoms. The summed E-state index contributed by atoms with van der Waals surface area (Å²) < 4.78 is 1.99. The molecular weight excluding hydrogens is 224 g/mol. The second-order valence-electron chi connectivity index (χ2n) is 3.39. The van der Waals surface area contributed by atoms with Crippen LogP contribution in [0.1, 0.15) is 5.82 Å². The van der Waals surface area contributed by atoms with Crippen LogP contribution in [0, 0.1) is 6.92 Å². The number of halogens is 1. The van der Waals surface area contributed by atoms with Crippen LogP contribution in [0.15, 0.2) is 42.7 Å². The molecule has 0 spiro atoms. The number of imidazole rings is 1. The van der Waals surface area contributed by atoms with Gasteiger partial charge in [-0.15, -0.1) is 12.4 Å². The normalized spacial score (nSPS) is 9.62. The van der Waals surface area contributed by atoms with E-state index in [4.69, 9.17) is 5.84 Å². The van der Waals surface area contributed by atoms with Gasteiger partial charge in [0.2, 0.25) is 0 Å². The van der Waals surface area contributed by atoms with Crippen molar-refractivity contribution < 1.29 is 0 Å². The minimum absolute atomic E-state index is 0. The molecule has 1 aromatic heterocycles. The van der Waals surface area contributed by atoms with Crippen LogP contribution < -0.4 is 10.9 Å². The Balaban J connectivity index is 0.00000128. The Morgan fingerprint density at radius 2 is 2.00 bits per heavy atom. The first-order valence-electron chi connectivity index (χ1n) is 4.82. The molecule has 2 rings (SSSR count). The minimum atomic E-state index is 0. The molecule has 4 nitrogen and oxygen atoms in total. The monoisotopic (exact) mass is 238 g/mol. The van der Waals surface area contributed by atoms with Crippen LogP contribution in [0.25, 0.3) is 0 Å². The summed E-state index contributed by atoms with van der Waals surface area (Å²) in [5, 5.41) is 1.69. The van der Waals surface area contributed by atoms with Gasteiger partial charge < -0.3 is 4.57 Å². The van der Waals surface area contributed by atoms with Crippen LogP contribution >= 0.6 is 12.4 Å². The molecule has 1 aromatic carbocycles. The van der Waals surface area contributed by atoms with Crippen molar-refractivity contribution in [2.45, 2.75) is 13.6 Å². The number of aryl methyl sites for hydroxylation is 1. The summed E-state index contributed by atoms with van der Waals surface area (Å²) in [7, 11) is 0. The van der Waals surface area contributed by atoms with E-state index in [1.807, 2.05) is 48.0 Å². The van der Waals surface area contributed by atoms with Gasteiger partial charge in [-0.2, -0.15) is 0 Å². The number of hydrogen-bond donors (Lipinski definition) is 1. The molecule has 0 aliphatic carbocycles. The van der Waals surface area contributed by atoms with E-state index in [2.05, 4.69) is 4.98 Å². The van der Waals surface area contributed by atoms with Crippen molar-refractivity contribution in [3.63, 3.8) is 0 Å². The zero-order valence-electron chi connectivity index (χ0n) is 9.08. The quantitative estimate of drug-likeness (QED) is 0.657. The predicted octanol–water partition coefficient (Wildman–Crippen LogP) is 1.95. The third-order valence-electron chi connectivity index (χ3n) is 2.32. The van der Waals surface area contributed by atoms with E-state index >= 15 is 0 Å². The van der Waals surface area contributed by atoms with E-state index in [-0.39, 0.29) is 12.4 Å². The number of hydrazine groups is 1. The van der Waals surface area contributed by atoms with E-state index in [1.165, 1.54) is 0 Å². The Bertz CT molecular complexity index is 427. The van der Waals surface area contributed by atoms with Gasteiger partial charge in [-0.05, 0) is 19.1 Å². The molecule has 2 N–H and O–H groups in total. The van der Waals surface area contributed by atoms with Crippen LogP contribution in [-0.4, -0.2) is 9.55 Å². The lowest BCUT2D eigenvalue weighted by Crippen LogP contribution is -2.33. The number of aromatic nitrogens is 2. The smallest absolute Gasteiger partial charge is 0.110 e. The standard InChI is InChI=1S/C11H14N4.ClH/c1-10-13-7-8-14(10)9-15(12)11-5-3-2-4-6-11;/h2-8H,9,12H2,1H3;1H. The molecule has 0 radical (unpaired) electrons. The largest absolute Gasteiger partial charge is 0.316 e. The van der Waals surface area contributed by atoms with Crippen molar-refractivity contribution in [2.75, 3.05) is 5.01 Å². The van der Waals surface area contributed by atoms with Crippen molar-refractivity contribution in [3.8, 4) is 0 Å². The molecule has 0 saturated heterocycles. The predicted molar refractivity (Wildman–Crippen MR) is 67.3 cm³/mol. The molecule has 0 aliphatic rings. The summed E-state index contributed by atoms with van der Waals surface area (Å²) in [4.78, 5) is 4.14. The van der Waals surface area contributed by atoms with Gasteiger partial charge >= 0.3 is 0 Å². The average molecular weight is 239 g/mol. The summed E-state index contributed by atoms with van der Waals surface area (Å²) in [6.45, 7) is 2.56. The van der Waals surface area contributed by atoms with Crippen molar-refractivity contribution in [1.29, 1.82) is 0 Å². The molecule has 0 atom stereocenters. The van der Waals surface area contributed by atoms with Gasteiger partial charge in [0.1, 0.15) is 12.5 Å². The van der Waals surface area contributed by atoms with Crippen LogP contribution in [0.4, 0.5) is 5.69 Å². The van der Waals surface area contributed by atoms with Gasteiger partial charge in [-0.3, -0.25) is 5.01 Å². The summed E-state index contributed by atoms with van der Waals surface area (Å²) in [5.74, 6) is 6.90. The first kappa shape index (κ1) is 12.5. The SMILES string of the molecule is Cc1nccn1CN(N)c1ccccc1.Cl. The molecule has 0 unspecified atom stereocenters. The highest BCUT2D eigenvalue weighted by Gasteiger charge is 2.02. The van der Waals surface area contributed by atoms with E-state index in [1.54, 1.807) is 11.2 Å². The Morgan fingerprint density at radius 3 is 2.56 bits per heavy atom. The number of anilines is 1. The van der Waals surface area contributed by atoms with Gasteiger partial charge in [0, 0.05) is 12.4 Å². The first-order valence-corrected chi connectivity index (χ1v) is 4.82. The molecule has 0 amide bonds. The van der Waals surface area contributed by atoms with Crippen LogP contribution in [0.5, 0.6) is 0 Å². The Labute approximate surface area is 101 Å². The summed E-state index contributed by atoms with van der Waals surface area (Å²) in [6.07, 6.45) is 3.69. The highest BCUT2D eigenvalue weighted by molar-refractivity contribution is 5.85. The highest BCUT2D eigenvalue weighted by atomic mass is 35.5. The third kappa shape index (κ3) is 2.74. The highest BCUT2D eigenvalue weighted by Crippen LogP contribution is 2.10. The summed E-state index contributed by atoms with van der Waals surface area (Å²) in [5.41, 5.74) is 0.991. The van der Waals surface area contributed by atoms with Crippen molar-refractivity contribution in [3.05, 3.63) is 48.5 Å². The Hall–Kier alpha value is -1.52. The molecule has 0 saturated carbocycles. The molecule has 1 heterocycles. The molecule has 86 valence electrons.